The second kappa shape index (κ2) is 6.19. The third-order valence-corrected chi connectivity index (χ3v) is 3.66. The molecule has 0 aromatic carbocycles. The maximum atomic E-state index is 11.5. The molecule has 0 unspecified atom stereocenters. The maximum absolute atomic E-state index is 11.5. The van der Waals surface area contributed by atoms with Crippen LogP contribution in [0.5, 0.6) is 0 Å². The van der Waals surface area contributed by atoms with Crippen LogP contribution in [0.25, 0.3) is 0 Å². The number of carboxylic acids is 1. The van der Waals surface area contributed by atoms with E-state index in [9.17, 15) is 9.90 Å². The molecule has 1 aromatic rings. The highest BCUT2D eigenvalue weighted by atomic mass is 35.5. The van der Waals surface area contributed by atoms with E-state index in [1.807, 2.05) is 0 Å². The molecule has 0 bridgehead atoms. The van der Waals surface area contributed by atoms with Crippen molar-refractivity contribution in [2.24, 2.45) is 0 Å². The van der Waals surface area contributed by atoms with Gasteiger partial charge in [0.1, 0.15) is 17.1 Å². The monoisotopic (exact) mass is 301 g/mol. The van der Waals surface area contributed by atoms with Crippen molar-refractivity contribution in [2.45, 2.75) is 52.5 Å². The van der Waals surface area contributed by atoms with E-state index < -0.39 is 5.97 Å². The van der Waals surface area contributed by atoms with Gasteiger partial charge in [-0.05, 0) is 32.9 Å². The van der Waals surface area contributed by atoms with Crippen molar-refractivity contribution in [1.82, 2.24) is 4.90 Å². The van der Waals surface area contributed by atoms with Crippen LogP contribution in [0, 0.1) is 6.92 Å². The molecule has 114 valence electrons. The summed E-state index contributed by atoms with van der Waals surface area (Å²) in [5, 5.41) is 9.42. The summed E-state index contributed by atoms with van der Waals surface area (Å²) in [6.07, 6.45) is 2.40. The minimum atomic E-state index is -0.883. The fourth-order valence-corrected chi connectivity index (χ4v) is 2.79. The number of aryl methyl sites for hydroxylation is 1. The van der Waals surface area contributed by atoms with Crippen LogP contribution >= 0.6 is 0 Å². The predicted molar refractivity (Wildman–Crippen MR) is 74.7 cm³/mol. The van der Waals surface area contributed by atoms with Gasteiger partial charge >= 0.3 is 7.40 Å². The number of likely N-dealkylation sites (tertiary alicyclic amines) is 1. The van der Waals surface area contributed by atoms with Crippen molar-refractivity contribution in [1.29, 1.82) is 0 Å². The smallest absolute Gasteiger partial charge is 1.00 e. The van der Waals surface area contributed by atoms with E-state index in [0.29, 0.717) is 17.9 Å². The first-order chi connectivity index (χ1) is 8.80. The van der Waals surface area contributed by atoms with Gasteiger partial charge in [0, 0.05) is 17.5 Å². The summed E-state index contributed by atoms with van der Waals surface area (Å²) in [5.41, 5.74) is 1.05. The first kappa shape index (κ1) is 17.1. The number of carbonyl (C=O) groups is 1. The minimum absolute atomic E-state index is 0. The molecule has 0 spiro atoms. The van der Waals surface area contributed by atoms with Gasteiger partial charge in [-0.15, -0.1) is 0 Å². The van der Waals surface area contributed by atoms with Crippen molar-refractivity contribution >= 4 is 5.97 Å². The highest BCUT2D eigenvalue weighted by Crippen LogP contribution is 2.33. The summed E-state index contributed by atoms with van der Waals surface area (Å²) in [6, 6.07) is 0. The number of halogens is 1. The molecule has 0 saturated carbocycles. The van der Waals surface area contributed by atoms with Crippen LogP contribution in [0.3, 0.4) is 0 Å². The molecule has 5 heteroatoms. The predicted octanol–water partition coefficient (Wildman–Crippen LogP) is 0.296. The van der Waals surface area contributed by atoms with Gasteiger partial charge in [0.15, 0.2) is 0 Å². The maximum Gasteiger partial charge on any atom is 1.00 e. The number of carboxylic acid groups (broad SMARTS) is 1. The van der Waals surface area contributed by atoms with Crippen molar-refractivity contribution in [3.63, 3.8) is 0 Å². The molecule has 4 nitrogen and oxygen atoms in total. The molecule has 0 radical (unpaired) electrons. The number of aromatic carboxylic acids is 1. The van der Waals surface area contributed by atoms with Gasteiger partial charge in [0.25, 0.3) is 0 Å². The minimum Gasteiger partial charge on any atom is -1.00 e. The molecule has 1 fully saturated rings. The average Bonchev–Trinajstić information content (AvgIpc) is 2.85. The lowest BCUT2D eigenvalue weighted by molar-refractivity contribution is -0.0000211. The van der Waals surface area contributed by atoms with Crippen LogP contribution < -0.4 is 12.4 Å². The molecule has 2 rings (SSSR count). The normalized spacial score (nSPS) is 16.2. The molecular weight excluding hydrogens is 278 g/mol. The van der Waals surface area contributed by atoms with Crippen molar-refractivity contribution in [3.05, 3.63) is 22.6 Å². The van der Waals surface area contributed by atoms with Gasteiger partial charge in [-0.25, -0.2) is 4.79 Å². The Labute approximate surface area is 128 Å². The quantitative estimate of drug-likeness (QED) is 0.872. The Hall–Kier alpha value is -1.00. The number of hydrogen-bond donors (Lipinski definition) is 1. The van der Waals surface area contributed by atoms with E-state index >= 15 is 0 Å². The standard InChI is InChI=1S/C15H23NO3.ClH/c1-10-12(14(17)18)11(9-16-7-5-6-8-16)13(19-10)15(2,3)4;/h5-9H2,1-4H3,(H,17,18);1H. The molecule has 1 N–H and O–H groups in total. The van der Waals surface area contributed by atoms with Crippen molar-refractivity contribution in [2.75, 3.05) is 13.1 Å². The fraction of sp³-hybridized carbons (Fsp3) is 0.667. The van der Waals surface area contributed by atoms with Crippen LogP contribution in [-0.4, -0.2) is 29.1 Å². The molecule has 0 aliphatic carbocycles. The summed E-state index contributed by atoms with van der Waals surface area (Å²) in [7, 11) is 0. The Balaban J connectivity index is 0.00000200. The molecule has 20 heavy (non-hydrogen) atoms. The highest BCUT2D eigenvalue weighted by Gasteiger charge is 2.31. The second-order valence-electron chi connectivity index (χ2n) is 6.38. The molecule has 1 aromatic heterocycles. The van der Waals surface area contributed by atoms with Gasteiger partial charge in [0.2, 0.25) is 0 Å². The van der Waals surface area contributed by atoms with Gasteiger partial charge in [-0.1, -0.05) is 20.8 Å². The van der Waals surface area contributed by atoms with Crippen molar-refractivity contribution in [3.8, 4) is 0 Å². The Morgan fingerprint density at radius 1 is 1.35 bits per heavy atom. The summed E-state index contributed by atoms with van der Waals surface area (Å²) in [5.74, 6) is 0.451. The lowest BCUT2D eigenvalue weighted by Crippen LogP contribution is -3.00. The SMILES string of the molecule is Cc1oc(C(C)(C)C)c(CN2CCCC2)c1C(=O)O.[Cl-].[H+]. The lowest BCUT2D eigenvalue weighted by Gasteiger charge is -2.21. The van der Waals surface area contributed by atoms with E-state index in [2.05, 4.69) is 25.7 Å². The van der Waals surface area contributed by atoms with Gasteiger partial charge in [-0.3, -0.25) is 4.90 Å². The zero-order valence-corrected chi connectivity index (χ0v) is 13.4. The Morgan fingerprint density at radius 3 is 2.35 bits per heavy atom. The lowest BCUT2D eigenvalue weighted by atomic mass is 9.89. The Morgan fingerprint density at radius 2 is 1.90 bits per heavy atom. The molecular formula is C15H24ClNO3. The van der Waals surface area contributed by atoms with E-state index in [4.69, 9.17) is 4.42 Å². The molecule has 0 amide bonds. The van der Waals surface area contributed by atoms with Crippen molar-refractivity contribution < 1.29 is 28.2 Å². The van der Waals surface area contributed by atoms with Crippen LogP contribution in [-0.2, 0) is 12.0 Å². The third-order valence-electron chi connectivity index (χ3n) is 3.66. The molecule has 1 aliphatic heterocycles. The highest BCUT2D eigenvalue weighted by molar-refractivity contribution is 5.91. The van der Waals surface area contributed by atoms with Crippen LogP contribution in [0.15, 0.2) is 4.42 Å². The number of hydrogen-bond acceptors (Lipinski definition) is 3. The zero-order valence-electron chi connectivity index (χ0n) is 13.6. The number of rotatable bonds is 3. The zero-order chi connectivity index (χ0) is 14.2. The number of furan rings is 1. The summed E-state index contributed by atoms with van der Waals surface area (Å²) in [6.45, 7) is 10.7. The van der Waals surface area contributed by atoms with Crippen LogP contribution in [0.4, 0.5) is 0 Å². The summed E-state index contributed by atoms with van der Waals surface area (Å²) < 4.78 is 5.77. The Kier molecular flexibility index (Phi) is 5.27. The third kappa shape index (κ3) is 3.36. The van der Waals surface area contributed by atoms with Gasteiger partial charge in [0.05, 0.1) is 0 Å². The first-order valence-electron chi connectivity index (χ1n) is 6.89. The molecule has 1 saturated heterocycles. The van der Waals surface area contributed by atoms with E-state index in [0.717, 1.165) is 24.4 Å². The van der Waals surface area contributed by atoms with Gasteiger partial charge < -0.3 is 21.9 Å². The largest absolute Gasteiger partial charge is 1.00 e. The van der Waals surface area contributed by atoms with Crippen LogP contribution in [0.1, 0.15) is 62.5 Å². The molecule has 0 atom stereocenters. The van der Waals surface area contributed by atoms with Gasteiger partial charge in [-0.2, -0.15) is 0 Å². The fourth-order valence-electron chi connectivity index (χ4n) is 2.79. The van der Waals surface area contributed by atoms with E-state index in [-0.39, 0.29) is 19.2 Å². The molecule has 1 aliphatic rings. The summed E-state index contributed by atoms with van der Waals surface area (Å²) in [4.78, 5) is 13.8. The van der Waals surface area contributed by atoms with E-state index in [1.54, 1.807) is 6.92 Å². The second-order valence-corrected chi connectivity index (χ2v) is 6.38. The Bertz CT molecular complexity index is 488. The first-order valence-corrected chi connectivity index (χ1v) is 6.89. The topological polar surface area (TPSA) is 53.7 Å². The van der Waals surface area contributed by atoms with Crippen LogP contribution in [0.2, 0.25) is 0 Å². The summed E-state index contributed by atoms with van der Waals surface area (Å²) >= 11 is 0. The number of nitrogens with zero attached hydrogens (tertiary/aromatic N) is 1. The molecule has 2 heterocycles. The van der Waals surface area contributed by atoms with E-state index in [1.165, 1.54) is 12.8 Å². The average molecular weight is 302 g/mol.